The van der Waals surface area contributed by atoms with Crippen LogP contribution >= 0.6 is 11.8 Å². The lowest BCUT2D eigenvalue weighted by Gasteiger charge is -2.02. The van der Waals surface area contributed by atoms with Crippen molar-refractivity contribution in [3.63, 3.8) is 0 Å². The molecule has 3 rings (SSSR count). The minimum absolute atomic E-state index is 0.174. The molecule has 0 aliphatic rings. The van der Waals surface area contributed by atoms with Crippen LogP contribution in [0.1, 0.15) is 0 Å². The Hall–Kier alpha value is -2.62. The highest BCUT2D eigenvalue weighted by molar-refractivity contribution is 7.99. The van der Waals surface area contributed by atoms with Crippen LogP contribution in [0.2, 0.25) is 0 Å². The highest BCUT2D eigenvalue weighted by atomic mass is 32.2. The minimum atomic E-state index is -0.240. The van der Waals surface area contributed by atoms with Crippen molar-refractivity contribution in [2.24, 2.45) is 0 Å². The third kappa shape index (κ3) is 2.69. The fraction of sp³-hybridized carbons (Fsp3) is 0.100. The maximum absolute atomic E-state index is 11.8. The van der Waals surface area contributed by atoms with Crippen molar-refractivity contribution in [2.75, 3.05) is 11.1 Å². The minimum Gasteiger partial charge on any atom is -0.304 e. The summed E-state index contributed by atoms with van der Waals surface area (Å²) in [6, 6.07) is 3.67. The van der Waals surface area contributed by atoms with Crippen LogP contribution < -0.4 is 5.32 Å². The van der Waals surface area contributed by atoms with Crippen molar-refractivity contribution in [1.29, 1.82) is 0 Å². The first-order valence-electron chi connectivity index (χ1n) is 5.57. The van der Waals surface area contributed by atoms with Gasteiger partial charge in [-0.05, 0) is 22.4 Å². The van der Waals surface area contributed by atoms with E-state index in [1.807, 2.05) is 12.1 Å². The van der Waals surface area contributed by atoms with E-state index in [0.29, 0.717) is 11.0 Å². The van der Waals surface area contributed by atoms with Crippen LogP contribution in [-0.4, -0.2) is 41.7 Å². The monoisotopic (exact) mass is 291 g/mol. The van der Waals surface area contributed by atoms with Crippen LogP contribution in [0, 0.1) is 0 Å². The molecular formula is C10H9N7O2S. The number of aromatic amines is 1. The number of nitrogens with zero attached hydrogens (tertiary/aromatic N) is 5. The number of anilines is 1. The van der Waals surface area contributed by atoms with E-state index in [4.69, 9.17) is 0 Å². The number of nitrogens with one attached hydrogen (secondary N) is 2. The summed E-state index contributed by atoms with van der Waals surface area (Å²) in [5.74, 6) is 0.626. The Kier molecular flexibility index (Phi) is 3.46. The molecular weight excluding hydrogens is 282 g/mol. The molecule has 0 unspecified atom stereocenters. The van der Waals surface area contributed by atoms with E-state index in [1.165, 1.54) is 18.1 Å². The quantitative estimate of drug-likeness (QED) is 0.665. The van der Waals surface area contributed by atoms with Crippen molar-refractivity contribution in [3.8, 4) is 5.82 Å². The van der Waals surface area contributed by atoms with E-state index in [1.54, 1.807) is 17.0 Å². The normalized spacial score (nSPS) is 10.6. The number of amides is 1. The Bertz CT molecular complexity index is 676. The van der Waals surface area contributed by atoms with Gasteiger partial charge < -0.3 is 9.88 Å². The summed E-state index contributed by atoms with van der Waals surface area (Å²) < 4.78 is 6.34. The predicted octanol–water partition coefficient (Wildman–Crippen LogP) is 0.709. The van der Waals surface area contributed by atoms with Gasteiger partial charge in [-0.3, -0.25) is 9.89 Å². The van der Waals surface area contributed by atoms with E-state index >= 15 is 0 Å². The molecule has 0 spiro atoms. The molecule has 3 aromatic rings. The Morgan fingerprint density at radius 2 is 2.25 bits per heavy atom. The number of carbonyl (C=O) groups excluding carboxylic acids is 1. The predicted molar refractivity (Wildman–Crippen MR) is 69.4 cm³/mol. The zero-order valence-corrected chi connectivity index (χ0v) is 10.9. The molecule has 0 aliphatic carbocycles. The first-order chi connectivity index (χ1) is 9.83. The van der Waals surface area contributed by atoms with Gasteiger partial charge in [-0.1, -0.05) is 11.8 Å². The number of hydrogen-bond donors (Lipinski definition) is 2. The average Bonchev–Trinajstić information content (AvgIpc) is 3.18. The molecule has 0 radical (unpaired) electrons. The van der Waals surface area contributed by atoms with Gasteiger partial charge in [-0.15, -0.1) is 0 Å². The summed E-state index contributed by atoms with van der Waals surface area (Å²) in [5, 5.41) is 17.0. The molecule has 3 aromatic heterocycles. The third-order valence-corrected chi connectivity index (χ3v) is 3.19. The molecule has 102 valence electrons. The lowest BCUT2D eigenvalue weighted by Crippen LogP contribution is -2.15. The summed E-state index contributed by atoms with van der Waals surface area (Å²) in [5.41, 5.74) is 0. The van der Waals surface area contributed by atoms with Crippen molar-refractivity contribution >= 4 is 23.5 Å². The van der Waals surface area contributed by atoms with Gasteiger partial charge in [0.25, 0.3) is 0 Å². The van der Waals surface area contributed by atoms with Gasteiger partial charge in [0.15, 0.2) is 5.16 Å². The van der Waals surface area contributed by atoms with Crippen molar-refractivity contribution in [1.82, 2.24) is 30.1 Å². The first-order valence-corrected chi connectivity index (χ1v) is 6.55. The van der Waals surface area contributed by atoms with Crippen LogP contribution in [0.25, 0.3) is 5.82 Å². The zero-order chi connectivity index (χ0) is 13.8. The third-order valence-electron chi connectivity index (χ3n) is 2.31. The van der Waals surface area contributed by atoms with Gasteiger partial charge in [-0.25, -0.2) is 9.61 Å². The molecule has 0 fully saturated rings. The Morgan fingerprint density at radius 3 is 3.00 bits per heavy atom. The van der Waals surface area contributed by atoms with Gasteiger partial charge in [0.1, 0.15) is 6.33 Å². The molecule has 0 aromatic carbocycles. The van der Waals surface area contributed by atoms with Crippen LogP contribution in [0.15, 0.2) is 40.6 Å². The molecule has 20 heavy (non-hydrogen) atoms. The van der Waals surface area contributed by atoms with E-state index in [0.717, 1.165) is 0 Å². The largest absolute Gasteiger partial charge is 0.304 e. The smallest absolute Gasteiger partial charge is 0.236 e. The summed E-state index contributed by atoms with van der Waals surface area (Å²) in [7, 11) is 0. The van der Waals surface area contributed by atoms with Crippen LogP contribution in [0.5, 0.6) is 0 Å². The van der Waals surface area contributed by atoms with E-state index in [-0.39, 0.29) is 17.5 Å². The molecule has 10 heteroatoms. The van der Waals surface area contributed by atoms with Gasteiger partial charge in [-0.2, -0.15) is 5.10 Å². The molecule has 0 saturated carbocycles. The summed E-state index contributed by atoms with van der Waals surface area (Å²) >= 11 is 1.23. The number of rotatable bonds is 5. The van der Waals surface area contributed by atoms with Crippen molar-refractivity contribution < 1.29 is 9.42 Å². The zero-order valence-electron chi connectivity index (χ0n) is 10.1. The molecule has 0 bridgehead atoms. The molecule has 0 aliphatic heterocycles. The number of H-pyrrole nitrogens is 1. The SMILES string of the molecule is O=C(CSc1ncn[nH]1)Nc1nonc1-n1cccc1. The van der Waals surface area contributed by atoms with Crippen LogP contribution in [0.3, 0.4) is 0 Å². The Balaban J connectivity index is 1.63. The molecule has 9 nitrogen and oxygen atoms in total. The number of thioether (sulfide) groups is 1. The highest BCUT2D eigenvalue weighted by Crippen LogP contribution is 2.16. The lowest BCUT2D eigenvalue weighted by molar-refractivity contribution is -0.113. The van der Waals surface area contributed by atoms with Crippen LogP contribution in [0.4, 0.5) is 5.82 Å². The van der Waals surface area contributed by atoms with Crippen LogP contribution in [-0.2, 0) is 4.79 Å². The number of carbonyl (C=O) groups is 1. The standard InChI is InChI=1S/C10H9N7O2S/c18-7(5-20-10-11-6-12-14-10)13-8-9(16-19-15-8)17-3-1-2-4-17/h1-4,6H,5H2,(H,11,12,14)(H,13,15,18). The summed E-state index contributed by atoms with van der Waals surface area (Å²) in [4.78, 5) is 15.7. The number of hydrogen-bond acceptors (Lipinski definition) is 7. The molecule has 0 atom stereocenters. The molecule has 1 amide bonds. The van der Waals surface area contributed by atoms with E-state index in [9.17, 15) is 4.79 Å². The molecule has 2 N–H and O–H groups in total. The second-order valence-electron chi connectivity index (χ2n) is 3.65. The second kappa shape index (κ2) is 5.57. The maximum atomic E-state index is 11.8. The fourth-order valence-electron chi connectivity index (χ4n) is 1.47. The molecule has 0 saturated heterocycles. The van der Waals surface area contributed by atoms with Crippen molar-refractivity contribution in [2.45, 2.75) is 5.16 Å². The average molecular weight is 291 g/mol. The molecule has 3 heterocycles. The van der Waals surface area contributed by atoms with E-state index in [2.05, 4.69) is 35.4 Å². The summed E-state index contributed by atoms with van der Waals surface area (Å²) in [6.45, 7) is 0. The fourth-order valence-corrected chi connectivity index (χ4v) is 2.05. The van der Waals surface area contributed by atoms with Gasteiger partial charge in [0.2, 0.25) is 17.5 Å². The highest BCUT2D eigenvalue weighted by Gasteiger charge is 2.14. The van der Waals surface area contributed by atoms with Gasteiger partial charge >= 0.3 is 0 Å². The Labute approximate surface area is 116 Å². The summed E-state index contributed by atoms with van der Waals surface area (Å²) in [6.07, 6.45) is 4.93. The second-order valence-corrected chi connectivity index (χ2v) is 4.62. The Morgan fingerprint density at radius 1 is 1.40 bits per heavy atom. The number of aromatic nitrogens is 6. The first kappa shape index (κ1) is 12.4. The van der Waals surface area contributed by atoms with Crippen molar-refractivity contribution in [3.05, 3.63) is 30.9 Å². The topological polar surface area (TPSA) is 115 Å². The van der Waals surface area contributed by atoms with Gasteiger partial charge in [0, 0.05) is 12.4 Å². The van der Waals surface area contributed by atoms with Gasteiger partial charge in [0.05, 0.1) is 5.75 Å². The lowest BCUT2D eigenvalue weighted by atomic mass is 10.5. The maximum Gasteiger partial charge on any atom is 0.236 e. The van der Waals surface area contributed by atoms with E-state index < -0.39 is 0 Å².